The van der Waals surface area contributed by atoms with Crippen LogP contribution in [0.25, 0.3) is 0 Å². The van der Waals surface area contributed by atoms with Crippen LogP contribution >= 0.6 is 11.6 Å². The summed E-state index contributed by atoms with van der Waals surface area (Å²) in [5.74, 6) is -0.175. The summed E-state index contributed by atoms with van der Waals surface area (Å²) in [7, 11) is 1.37. The van der Waals surface area contributed by atoms with Crippen molar-refractivity contribution < 1.29 is 24.3 Å². The molecule has 3 rings (SSSR count). The topological polar surface area (TPSA) is 102 Å². The number of hydrogen-bond donors (Lipinski definition) is 1. The van der Waals surface area contributed by atoms with Gasteiger partial charge in [0.15, 0.2) is 0 Å². The molecule has 0 spiro atoms. The van der Waals surface area contributed by atoms with Gasteiger partial charge in [0.1, 0.15) is 5.75 Å². The fourth-order valence-corrected chi connectivity index (χ4v) is 3.71. The van der Waals surface area contributed by atoms with E-state index in [-0.39, 0.29) is 35.6 Å². The summed E-state index contributed by atoms with van der Waals surface area (Å²) < 4.78 is 11.2. The number of aliphatic hydroxyl groups is 1. The number of anilines is 1. The molecule has 0 aliphatic carbocycles. The number of fused-ring (bicyclic) bond motifs is 1. The average Bonchev–Trinajstić information content (AvgIpc) is 2.92. The number of aliphatic hydroxyl groups excluding tert-OH is 1. The number of nitro groups is 1. The molecule has 0 saturated heterocycles. The minimum atomic E-state index is -0.533. The quantitative estimate of drug-likeness (QED) is 0.399. The Hall–Kier alpha value is -2.68. The summed E-state index contributed by atoms with van der Waals surface area (Å²) in [4.78, 5) is 25.5. The summed E-state index contributed by atoms with van der Waals surface area (Å²) in [6.07, 6.45) is 1.66. The molecule has 0 fully saturated rings. The van der Waals surface area contributed by atoms with Crippen molar-refractivity contribution in [1.82, 2.24) is 0 Å². The summed E-state index contributed by atoms with van der Waals surface area (Å²) in [5.41, 5.74) is 1.57. The van der Waals surface area contributed by atoms with E-state index >= 15 is 0 Å². The van der Waals surface area contributed by atoms with E-state index in [0.29, 0.717) is 43.1 Å². The van der Waals surface area contributed by atoms with Gasteiger partial charge < -0.3 is 19.5 Å². The number of carbonyl (C=O) groups is 1. The molecule has 30 heavy (non-hydrogen) atoms. The Kier molecular flexibility index (Phi) is 7.25. The molecule has 1 unspecified atom stereocenters. The number of hydrogen-bond acceptors (Lipinski definition) is 6. The Morgan fingerprint density at radius 3 is 2.83 bits per heavy atom. The van der Waals surface area contributed by atoms with Gasteiger partial charge in [0, 0.05) is 42.1 Å². The Morgan fingerprint density at radius 2 is 2.13 bits per heavy atom. The number of benzene rings is 2. The normalized spacial score (nSPS) is 16.0. The first kappa shape index (κ1) is 22.0. The van der Waals surface area contributed by atoms with Gasteiger partial charge in [0.05, 0.1) is 29.8 Å². The highest BCUT2D eigenvalue weighted by Crippen LogP contribution is 2.38. The van der Waals surface area contributed by atoms with E-state index in [1.54, 1.807) is 23.1 Å². The molecule has 0 radical (unpaired) electrons. The van der Waals surface area contributed by atoms with Gasteiger partial charge in [-0.15, -0.1) is 0 Å². The Bertz CT molecular complexity index is 936. The van der Waals surface area contributed by atoms with Crippen LogP contribution in [0.4, 0.5) is 11.4 Å². The third-order valence-corrected chi connectivity index (χ3v) is 5.20. The lowest BCUT2D eigenvalue weighted by atomic mass is 10.0. The Morgan fingerprint density at radius 1 is 1.33 bits per heavy atom. The summed E-state index contributed by atoms with van der Waals surface area (Å²) in [6, 6.07) is 9.23. The smallest absolute Gasteiger partial charge is 0.273 e. The highest BCUT2D eigenvalue weighted by atomic mass is 35.5. The molecule has 1 aliphatic heterocycles. The molecular formula is C21H23ClN2O6. The summed E-state index contributed by atoms with van der Waals surface area (Å²) in [6.45, 7) is 0.893. The number of ether oxygens (including phenoxy) is 2. The highest BCUT2D eigenvalue weighted by molar-refractivity contribution is 6.30. The lowest BCUT2D eigenvalue weighted by Crippen LogP contribution is -2.32. The van der Waals surface area contributed by atoms with Gasteiger partial charge in [-0.1, -0.05) is 11.6 Å². The zero-order chi connectivity index (χ0) is 21.7. The first-order valence-electron chi connectivity index (χ1n) is 9.62. The first-order valence-corrected chi connectivity index (χ1v) is 10.00. The van der Waals surface area contributed by atoms with Crippen LogP contribution in [0.15, 0.2) is 36.4 Å². The van der Waals surface area contributed by atoms with Crippen LogP contribution in [-0.4, -0.2) is 42.8 Å². The predicted octanol–water partition coefficient (Wildman–Crippen LogP) is 4.14. The largest absolute Gasteiger partial charge is 0.496 e. The molecule has 2 aromatic carbocycles. The molecule has 0 saturated carbocycles. The maximum atomic E-state index is 13.4. The minimum absolute atomic E-state index is 0.0413. The molecule has 160 valence electrons. The monoisotopic (exact) mass is 434 g/mol. The van der Waals surface area contributed by atoms with E-state index in [0.717, 1.165) is 5.56 Å². The number of halogens is 1. The van der Waals surface area contributed by atoms with Crippen molar-refractivity contribution in [2.24, 2.45) is 0 Å². The van der Waals surface area contributed by atoms with E-state index in [1.807, 2.05) is 0 Å². The standard InChI is InChI=1S/C21H23ClN2O6/c1-29-20-13-15(24(27)28)6-7-16(20)21(26)23-9-2-4-19(30-11-3-10-25)17-12-14(22)5-8-18(17)23/h5-8,12-13,19,25H,2-4,9-11H2,1H3. The van der Waals surface area contributed by atoms with Crippen molar-refractivity contribution in [3.63, 3.8) is 0 Å². The molecule has 1 N–H and O–H groups in total. The van der Waals surface area contributed by atoms with Crippen LogP contribution < -0.4 is 9.64 Å². The molecule has 8 nitrogen and oxygen atoms in total. The number of nitrogens with zero attached hydrogens (tertiary/aromatic N) is 2. The third kappa shape index (κ3) is 4.72. The first-order chi connectivity index (χ1) is 14.5. The van der Waals surface area contributed by atoms with E-state index in [4.69, 9.17) is 26.2 Å². The summed E-state index contributed by atoms with van der Waals surface area (Å²) in [5, 5.41) is 20.6. The molecule has 1 aliphatic rings. The van der Waals surface area contributed by atoms with Crippen LogP contribution in [0.2, 0.25) is 5.02 Å². The highest BCUT2D eigenvalue weighted by Gasteiger charge is 2.29. The van der Waals surface area contributed by atoms with E-state index in [2.05, 4.69) is 0 Å². The van der Waals surface area contributed by atoms with Gasteiger partial charge in [0.2, 0.25) is 0 Å². The molecule has 1 amide bonds. The molecule has 2 aromatic rings. The van der Waals surface area contributed by atoms with Crippen molar-refractivity contribution in [1.29, 1.82) is 0 Å². The number of methoxy groups -OCH3 is 1. The van der Waals surface area contributed by atoms with Crippen molar-refractivity contribution in [3.05, 3.63) is 62.7 Å². The van der Waals surface area contributed by atoms with Crippen molar-refractivity contribution >= 4 is 28.9 Å². The Balaban J connectivity index is 1.98. The second-order valence-corrected chi connectivity index (χ2v) is 7.32. The van der Waals surface area contributed by atoms with Crippen molar-refractivity contribution in [2.75, 3.05) is 31.8 Å². The van der Waals surface area contributed by atoms with Gasteiger partial charge in [-0.05, 0) is 43.5 Å². The van der Waals surface area contributed by atoms with Crippen LogP contribution in [0, 0.1) is 10.1 Å². The van der Waals surface area contributed by atoms with Crippen LogP contribution in [0.3, 0.4) is 0 Å². The number of rotatable bonds is 7. The zero-order valence-electron chi connectivity index (χ0n) is 16.5. The molecule has 9 heteroatoms. The fourth-order valence-electron chi connectivity index (χ4n) is 3.53. The maximum Gasteiger partial charge on any atom is 0.273 e. The van der Waals surface area contributed by atoms with Crippen molar-refractivity contribution in [2.45, 2.75) is 25.4 Å². The number of carbonyl (C=O) groups excluding carboxylic acids is 1. The van der Waals surface area contributed by atoms with Crippen LogP contribution in [0.5, 0.6) is 5.75 Å². The number of nitro benzene ring substituents is 1. The van der Waals surface area contributed by atoms with Gasteiger partial charge in [-0.3, -0.25) is 14.9 Å². The van der Waals surface area contributed by atoms with Crippen molar-refractivity contribution in [3.8, 4) is 5.75 Å². The van der Waals surface area contributed by atoms with Crippen LogP contribution in [0.1, 0.15) is 41.3 Å². The van der Waals surface area contributed by atoms with Gasteiger partial charge in [-0.2, -0.15) is 0 Å². The Labute approximate surface area is 179 Å². The second kappa shape index (κ2) is 9.88. The second-order valence-electron chi connectivity index (χ2n) is 6.88. The molecule has 0 aromatic heterocycles. The zero-order valence-corrected chi connectivity index (χ0v) is 17.3. The third-order valence-electron chi connectivity index (χ3n) is 4.97. The summed E-state index contributed by atoms with van der Waals surface area (Å²) >= 11 is 6.21. The lowest BCUT2D eigenvalue weighted by Gasteiger charge is -2.25. The number of amides is 1. The molecular weight excluding hydrogens is 412 g/mol. The lowest BCUT2D eigenvalue weighted by molar-refractivity contribution is -0.384. The van der Waals surface area contributed by atoms with E-state index in [1.165, 1.54) is 25.3 Å². The van der Waals surface area contributed by atoms with Gasteiger partial charge >= 0.3 is 0 Å². The van der Waals surface area contributed by atoms with Gasteiger partial charge in [-0.25, -0.2) is 0 Å². The SMILES string of the molecule is COc1cc([N+](=O)[O-])ccc1C(=O)N1CCCC(OCCCO)c2cc(Cl)ccc21. The van der Waals surface area contributed by atoms with E-state index in [9.17, 15) is 14.9 Å². The predicted molar refractivity (Wildman–Crippen MR) is 112 cm³/mol. The van der Waals surface area contributed by atoms with Gasteiger partial charge in [0.25, 0.3) is 11.6 Å². The fraction of sp³-hybridized carbons (Fsp3) is 0.381. The molecule has 0 bridgehead atoms. The molecule has 1 atom stereocenters. The average molecular weight is 435 g/mol. The minimum Gasteiger partial charge on any atom is -0.496 e. The molecule has 1 heterocycles. The number of non-ortho nitro benzene ring substituents is 1. The van der Waals surface area contributed by atoms with E-state index < -0.39 is 4.92 Å². The van der Waals surface area contributed by atoms with Crippen LogP contribution in [-0.2, 0) is 4.74 Å². The maximum absolute atomic E-state index is 13.4.